The van der Waals surface area contributed by atoms with Gasteiger partial charge in [0.2, 0.25) is 5.91 Å². The summed E-state index contributed by atoms with van der Waals surface area (Å²) in [5.41, 5.74) is 1.55. The Morgan fingerprint density at radius 3 is 2.14 bits per heavy atom. The van der Waals surface area contributed by atoms with Crippen molar-refractivity contribution >= 4 is 28.6 Å². The summed E-state index contributed by atoms with van der Waals surface area (Å²) in [5.74, 6) is -0.699. The molecule has 0 radical (unpaired) electrons. The van der Waals surface area contributed by atoms with Crippen molar-refractivity contribution in [3.05, 3.63) is 120 Å². The van der Waals surface area contributed by atoms with Crippen molar-refractivity contribution < 1.29 is 14.4 Å². The Morgan fingerprint density at radius 1 is 0.811 bits per heavy atom. The van der Waals surface area contributed by atoms with Crippen LogP contribution < -0.4 is 5.32 Å². The SMILES string of the molecule is C[C@@]1(c2ccc3ccccc3c2)NC(=O)N(CC(=O)N(CCc2ccccc2)Cc2ccccc2)C1=O. The van der Waals surface area contributed by atoms with Crippen molar-refractivity contribution in [3.63, 3.8) is 0 Å². The van der Waals surface area contributed by atoms with Gasteiger partial charge in [-0.25, -0.2) is 4.79 Å². The Morgan fingerprint density at radius 2 is 1.43 bits per heavy atom. The lowest BCUT2D eigenvalue weighted by molar-refractivity contribution is -0.139. The van der Waals surface area contributed by atoms with Crippen LogP contribution in [0.25, 0.3) is 10.8 Å². The van der Waals surface area contributed by atoms with Crippen LogP contribution in [0.5, 0.6) is 0 Å². The van der Waals surface area contributed by atoms with Crippen LogP contribution in [0.15, 0.2) is 103 Å². The maximum absolute atomic E-state index is 13.5. The molecule has 4 aromatic carbocycles. The number of rotatable bonds is 8. The Bertz CT molecular complexity index is 1440. The lowest BCUT2D eigenvalue weighted by Crippen LogP contribution is -2.44. The second-order valence-electron chi connectivity index (χ2n) is 9.54. The van der Waals surface area contributed by atoms with E-state index in [0.717, 1.165) is 26.8 Å². The Balaban J connectivity index is 1.35. The second kappa shape index (κ2) is 10.3. The molecule has 0 saturated carbocycles. The zero-order valence-corrected chi connectivity index (χ0v) is 20.8. The molecule has 5 rings (SSSR count). The minimum absolute atomic E-state index is 0.272. The highest BCUT2D eigenvalue weighted by Gasteiger charge is 2.49. The van der Waals surface area contributed by atoms with Crippen LogP contribution in [0, 0.1) is 0 Å². The minimum Gasteiger partial charge on any atom is -0.336 e. The highest BCUT2D eigenvalue weighted by atomic mass is 16.2. The number of benzene rings is 4. The summed E-state index contributed by atoms with van der Waals surface area (Å²) >= 11 is 0. The highest BCUT2D eigenvalue weighted by Crippen LogP contribution is 2.31. The number of urea groups is 1. The molecule has 0 unspecified atom stereocenters. The van der Waals surface area contributed by atoms with Gasteiger partial charge >= 0.3 is 6.03 Å². The standard InChI is InChI=1S/C31H29N3O3/c1-31(27-17-16-25-14-8-9-15-26(25)20-27)29(36)34(30(37)32-31)22-28(35)33(21-24-12-6-3-7-13-24)19-18-23-10-4-2-5-11-23/h2-17,20H,18-19,21-22H2,1H3,(H,32,37)/t31-/m0/s1. The molecule has 1 fully saturated rings. The first-order valence-electron chi connectivity index (χ1n) is 12.4. The molecule has 4 aromatic rings. The number of imide groups is 1. The van der Waals surface area contributed by atoms with E-state index in [1.54, 1.807) is 11.8 Å². The molecule has 0 spiro atoms. The van der Waals surface area contributed by atoms with Crippen LogP contribution in [0.2, 0.25) is 0 Å². The maximum atomic E-state index is 13.5. The Hall–Kier alpha value is -4.45. The molecule has 6 nitrogen and oxygen atoms in total. The summed E-state index contributed by atoms with van der Waals surface area (Å²) in [6, 6.07) is 32.7. The maximum Gasteiger partial charge on any atom is 0.325 e. The number of fused-ring (bicyclic) bond motifs is 1. The smallest absolute Gasteiger partial charge is 0.325 e. The van der Waals surface area contributed by atoms with E-state index in [9.17, 15) is 14.4 Å². The van der Waals surface area contributed by atoms with Gasteiger partial charge in [-0.3, -0.25) is 14.5 Å². The quantitative estimate of drug-likeness (QED) is 0.357. The number of carbonyl (C=O) groups excluding carboxylic acids is 3. The molecule has 1 heterocycles. The Kier molecular flexibility index (Phi) is 6.73. The summed E-state index contributed by atoms with van der Waals surface area (Å²) in [6.45, 7) is 2.26. The third-order valence-electron chi connectivity index (χ3n) is 6.98. The van der Waals surface area contributed by atoms with E-state index in [1.807, 2.05) is 103 Å². The van der Waals surface area contributed by atoms with E-state index in [0.29, 0.717) is 25.1 Å². The summed E-state index contributed by atoms with van der Waals surface area (Å²) in [6.07, 6.45) is 0.675. The van der Waals surface area contributed by atoms with E-state index in [2.05, 4.69) is 5.32 Å². The first-order valence-corrected chi connectivity index (χ1v) is 12.4. The van der Waals surface area contributed by atoms with Gasteiger partial charge in [0.15, 0.2) is 0 Å². The van der Waals surface area contributed by atoms with Crippen molar-refractivity contribution in [2.75, 3.05) is 13.1 Å². The van der Waals surface area contributed by atoms with Gasteiger partial charge in [-0.15, -0.1) is 0 Å². The lowest BCUT2D eigenvalue weighted by atomic mass is 9.90. The van der Waals surface area contributed by atoms with Gasteiger partial charge in [0.05, 0.1) is 0 Å². The molecular weight excluding hydrogens is 462 g/mol. The fourth-order valence-corrected chi connectivity index (χ4v) is 4.78. The third-order valence-corrected chi connectivity index (χ3v) is 6.98. The van der Waals surface area contributed by atoms with Gasteiger partial charge in [-0.2, -0.15) is 0 Å². The van der Waals surface area contributed by atoms with Gasteiger partial charge < -0.3 is 10.2 Å². The molecule has 0 aromatic heterocycles. The van der Waals surface area contributed by atoms with E-state index in [-0.39, 0.29) is 12.5 Å². The fourth-order valence-electron chi connectivity index (χ4n) is 4.78. The van der Waals surface area contributed by atoms with Crippen LogP contribution >= 0.6 is 0 Å². The van der Waals surface area contributed by atoms with Crippen LogP contribution in [0.4, 0.5) is 4.79 Å². The van der Waals surface area contributed by atoms with Crippen LogP contribution in [-0.2, 0) is 28.1 Å². The molecule has 0 aliphatic carbocycles. The molecule has 1 saturated heterocycles. The van der Waals surface area contributed by atoms with Gasteiger partial charge in [0.25, 0.3) is 5.91 Å². The fraction of sp³-hybridized carbons (Fsp3) is 0.194. The van der Waals surface area contributed by atoms with Crippen molar-refractivity contribution in [1.82, 2.24) is 15.1 Å². The predicted molar refractivity (Wildman–Crippen MR) is 144 cm³/mol. The molecule has 186 valence electrons. The largest absolute Gasteiger partial charge is 0.336 e. The number of amides is 4. The number of hydrogen-bond acceptors (Lipinski definition) is 3. The molecule has 1 N–H and O–H groups in total. The molecule has 0 bridgehead atoms. The van der Waals surface area contributed by atoms with Crippen molar-refractivity contribution in [1.29, 1.82) is 0 Å². The Labute approximate surface area is 216 Å². The minimum atomic E-state index is -1.24. The highest BCUT2D eigenvalue weighted by molar-refractivity contribution is 6.09. The van der Waals surface area contributed by atoms with Crippen molar-refractivity contribution in [2.45, 2.75) is 25.4 Å². The zero-order chi connectivity index (χ0) is 25.8. The number of hydrogen-bond donors (Lipinski definition) is 1. The number of nitrogens with zero attached hydrogens (tertiary/aromatic N) is 2. The second-order valence-corrected chi connectivity index (χ2v) is 9.54. The lowest BCUT2D eigenvalue weighted by Gasteiger charge is -2.26. The van der Waals surface area contributed by atoms with Gasteiger partial charge in [-0.1, -0.05) is 97.1 Å². The predicted octanol–water partition coefficient (Wildman–Crippen LogP) is 4.88. The van der Waals surface area contributed by atoms with E-state index < -0.39 is 17.5 Å². The van der Waals surface area contributed by atoms with E-state index >= 15 is 0 Å². The third kappa shape index (κ3) is 5.09. The van der Waals surface area contributed by atoms with Gasteiger partial charge in [0, 0.05) is 13.1 Å². The summed E-state index contributed by atoms with van der Waals surface area (Å²) in [5, 5.41) is 4.86. The number of nitrogens with one attached hydrogen (secondary N) is 1. The van der Waals surface area contributed by atoms with Gasteiger partial charge in [-0.05, 0) is 46.9 Å². The number of carbonyl (C=O) groups is 3. The average Bonchev–Trinajstić information content (AvgIpc) is 3.15. The molecule has 1 aliphatic heterocycles. The molecule has 4 amide bonds. The summed E-state index contributed by atoms with van der Waals surface area (Å²) in [7, 11) is 0. The van der Waals surface area contributed by atoms with Crippen LogP contribution in [0.3, 0.4) is 0 Å². The normalized spacial score (nSPS) is 17.2. The van der Waals surface area contributed by atoms with E-state index in [1.165, 1.54) is 0 Å². The molecule has 6 heteroatoms. The van der Waals surface area contributed by atoms with Crippen molar-refractivity contribution in [2.24, 2.45) is 0 Å². The molecule has 1 aliphatic rings. The van der Waals surface area contributed by atoms with Gasteiger partial charge in [0.1, 0.15) is 12.1 Å². The monoisotopic (exact) mass is 491 g/mol. The summed E-state index contributed by atoms with van der Waals surface area (Å²) < 4.78 is 0. The van der Waals surface area contributed by atoms with Crippen LogP contribution in [0.1, 0.15) is 23.6 Å². The molecule has 1 atom stereocenters. The average molecular weight is 492 g/mol. The first kappa shape index (κ1) is 24.3. The van der Waals surface area contributed by atoms with Crippen molar-refractivity contribution in [3.8, 4) is 0 Å². The van der Waals surface area contributed by atoms with E-state index in [4.69, 9.17) is 0 Å². The molecule has 37 heavy (non-hydrogen) atoms. The van der Waals surface area contributed by atoms with Crippen LogP contribution in [-0.4, -0.2) is 40.7 Å². The first-order chi connectivity index (χ1) is 17.9. The topological polar surface area (TPSA) is 69.7 Å². The summed E-state index contributed by atoms with van der Waals surface area (Å²) in [4.78, 5) is 42.7. The molecular formula is C31H29N3O3. The zero-order valence-electron chi connectivity index (χ0n) is 20.8.